The molecule has 0 aliphatic rings. The highest BCUT2D eigenvalue weighted by Crippen LogP contribution is 2.29. The number of rotatable bonds is 12. The van der Waals surface area contributed by atoms with Gasteiger partial charge in [0.15, 0.2) is 11.5 Å². The van der Waals surface area contributed by atoms with Gasteiger partial charge < -0.3 is 19.5 Å². The monoisotopic (exact) mass is 651 g/mol. The fourth-order valence-corrected chi connectivity index (χ4v) is 6.13. The van der Waals surface area contributed by atoms with Gasteiger partial charge >= 0.3 is 5.97 Å². The van der Waals surface area contributed by atoms with E-state index in [1.807, 2.05) is 30.3 Å². The lowest BCUT2D eigenvalue weighted by molar-refractivity contribution is -0.135. The van der Waals surface area contributed by atoms with Gasteiger partial charge in [-0.25, -0.2) is 17.5 Å². The van der Waals surface area contributed by atoms with Crippen LogP contribution in [-0.2, 0) is 37.5 Å². The Labute approximate surface area is 264 Å². The van der Waals surface area contributed by atoms with E-state index in [9.17, 15) is 22.8 Å². The normalized spacial score (nSPS) is 12.3. The molecule has 0 unspecified atom stereocenters. The Morgan fingerprint density at radius 2 is 1.76 bits per heavy atom. The number of methoxy groups -OCH3 is 1. The van der Waals surface area contributed by atoms with Gasteiger partial charge in [-0.1, -0.05) is 42.5 Å². The lowest BCUT2D eigenvalue weighted by Crippen LogP contribution is -2.36. The quantitative estimate of drug-likeness (QED) is 0.231. The molecule has 4 rings (SSSR count). The number of hydrogen-bond donors (Lipinski definition) is 1. The van der Waals surface area contributed by atoms with Crippen LogP contribution in [0.15, 0.2) is 82.5 Å². The van der Waals surface area contributed by atoms with Crippen LogP contribution in [0.4, 0.5) is 5.69 Å². The number of esters is 1. The van der Waals surface area contributed by atoms with Crippen molar-refractivity contribution in [2.75, 3.05) is 33.1 Å². The van der Waals surface area contributed by atoms with Gasteiger partial charge in [-0.05, 0) is 54.5 Å². The van der Waals surface area contributed by atoms with Crippen molar-refractivity contribution in [1.82, 2.24) is 8.87 Å². The second kappa shape index (κ2) is 14.8. The van der Waals surface area contributed by atoms with Crippen molar-refractivity contribution < 1.29 is 32.2 Å². The van der Waals surface area contributed by atoms with Crippen LogP contribution in [0.2, 0.25) is 0 Å². The Kier molecular flexibility index (Phi) is 10.9. The number of ether oxygens (including phenoxy) is 3. The molecule has 0 saturated heterocycles. The summed E-state index contributed by atoms with van der Waals surface area (Å²) < 4.78 is 44.2. The van der Waals surface area contributed by atoms with Crippen molar-refractivity contribution in [3.8, 4) is 11.5 Å². The molecule has 1 aromatic heterocycles. The van der Waals surface area contributed by atoms with Gasteiger partial charge in [0.05, 0.1) is 29.2 Å². The summed E-state index contributed by atoms with van der Waals surface area (Å²) in [6.45, 7) is 1.66. The molecule has 1 amide bonds. The molecule has 3 aromatic carbocycles. The average molecular weight is 652 g/mol. The summed E-state index contributed by atoms with van der Waals surface area (Å²) in [5, 5.41) is 2.63. The number of anilines is 1. The zero-order chi connectivity index (χ0) is 32.6. The van der Waals surface area contributed by atoms with Crippen molar-refractivity contribution in [3.05, 3.63) is 103 Å². The van der Waals surface area contributed by atoms with Crippen molar-refractivity contribution in [2.24, 2.45) is 0 Å². The molecule has 0 aliphatic carbocycles. The van der Waals surface area contributed by atoms with Crippen LogP contribution in [0.1, 0.15) is 18.1 Å². The maximum atomic E-state index is 13.5. The highest BCUT2D eigenvalue weighted by atomic mass is 32.2. The largest absolute Gasteiger partial charge is 0.493 e. The fraction of sp³-hybridized carbons (Fsp3) is 0.219. The number of carbonyl (C=O) groups is 2. The first-order valence-electron chi connectivity index (χ1n) is 13.8. The minimum Gasteiger partial charge on any atom is -0.493 e. The molecule has 13 heteroatoms. The number of hydrogen-bond acceptors (Lipinski definition) is 9. The Hall–Kier alpha value is -4.72. The number of aromatic nitrogens is 1. The molecule has 1 heterocycles. The van der Waals surface area contributed by atoms with Crippen LogP contribution < -0.4 is 29.5 Å². The molecule has 4 aromatic rings. The van der Waals surface area contributed by atoms with Crippen molar-refractivity contribution in [1.29, 1.82) is 0 Å². The Morgan fingerprint density at radius 1 is 1.00 bits per heavy atom. The topological polar surface area (TPSA) is 133 Å². The van der Waals surface area contributed by atoms with Gasteiger partial charge in [0.1, 0.15) is 17.8 Å². The standard InChI is InChI=1S/C32H33N3O8S2/c1-5-42-31(37)19-30-35(20-29(36)33-24-12-9-13-25(18-24)45(39,40)34(2)3)32(38)28(44-30)17-23-14-15-26(41-4)27(16-23)43-21-22-10-7-6-8-11-22/h6-19H,5,20-21H2,1-4H3,(H,33,36)/b28-17-,30-19-. The van der Waals surface area contributed by atoms with E-state index in [-0.39, 0.29) is 26.4 Å². The van der Waals surface area contributed by atoms with Gasteiger partial charge in [-0.2, -0.15) is 0 Å². The third-order valence-corrected chi connectivity index (χ3v) is 9.26. The Morgan fingerprint density at radius 3 is 2.44 bits per heavy atom. The predicted molar refractivity (Wildman–Crippen MR) is 172 cm³/mol. The number of benzene rings is 3. The van der Waals surface area contributed by atoms with E-state index in [0.29, 0.717) is 23.7 Å². The zero-order valence-electron chi connectivity index (χ0n) is 25.2. The van der Waals surface area contributed by atoms with E-state index in [2.05, 4.69) is 5.32 Å². The molecule has 0 atom stereocenters. The molecule has 0 radical (unpaired) electrons. The third kappa shape index (κ3) is 8.47. The summed E-state index contributed by atoms with van der Waals surface area (Å²) in [5.41, 5.74) is 1.33. The van der Waals surface area contributed by atoms with E-state index in [1.54, 1.807) is 31.2 Å². The van der Waals surface area contributed by atoms with E-state index in [4.69, 9.17) is 14.2 Å². The number of carbonyl (C=O) groups excluding carboxylic acids is 2. The van der Waals surface area contributed by atoms with Gasteiger partial charge in [-0.15, -0.1) is 11.3 Å². The van der Waals surface area contributed by atoms with E-state index < -0.39 is 34.0 Å². The van der Waals surface area contributed by atoms with Crippen molar-refractivity contribution in [3.63, 3.8) is 0 Å². The summed E-state index contributed by atoms with van der Waals surface area (Å²) in [4.78, 5) is 38.9. The fourth-order valence-electron chi connectivity index (χ4n) is 4.15. The van der Waals surface area contributed by atoms with Crippen molar-refractivity contribution in [2.45, 2.75) is 25.0 Å². The molecule has 0 bridgehead atoms. The summed E-state index contributed by atoms with van der Waals surface area (Å²) in [6.07, 6.45) is 2.79. The summed E-state index contributed by atoms with van der Waals surface area (Å²) in [6, 6.07) is 20.6. The SMILES string of the molecule is CCOC(=O)/C=c1\s/c(=C\c2ccc(OC)c(OCc3ccccc3)c2)c(=O)n1CC(=O)Nc1cccc(S(=O)(=O)N(C)C)c1. The van der Waals surface area contributed by atoms with Crippen LogP contribution >= 0.6 is 11.3 Å². The van der Waals surface area contributed by atoms with Crippen molar-refractivity contribution >= 4 is 51.1 Å². The Balaban J connectivity index is 1.67. The molecule has 0 fully saturated rings. The summed E-state index contributed by atoms with van der Waals surface area (Å²) in [5.74, 6) is -0.271. The van der Waals surface area contributed by atoms with Crippen LogP contribution in [0.5, 0.6) is 11.5 Å². The number of amides is 1. The first-order chi connectivity index (χ1) is 21.5. The highest BCUT2D eigenvalue weighted by molar-refractivity contribution is 7.89. The van der Waals surface area contributed by atoms with Crippen LogP contribution in [-0.4, -0.2) is 57.0 Å². The minimum atomic E-state index is -3.73. The molecule has 1 N–H and O–H groups in total. The maximum Gasteiger partial charge on any atom is 0.333 e. The molecule has 0 spiro atoms. The van der Waals surface area contributed by atoms with Crippen LogP contribution in [0.25, 0.3) is 12.2 Å². The summed E-state index contributed by atoms with van der Waals surface area (Å²) >= 11 is 1.02. The van der Waals surface area contributed by atoms with Gasteiger partial charge in [0, 0.05) is 19.8 Å². The summed E-state index contributed by atoms with van der Waals surface area (Å²) in [7, 11) is 0.620. The lowest BCUT2D eigenvalue weighted by Gasteiger charge is -2.12. The Bertz CT molecular complexity index is 1970. The van der Waals surface area contributed by atoms with Crippen LogP contribution in [0.3, 0.4) is 0 Å². The zero-order valence-corrected chi connectivity index (χ0v) is 26.8. The smallest absolute Gasteiger partial charge is 0.333 e. The number of nitrogens with zero attached hydrogens (tertiary/aromatic N) is 2. The van der Waals surface area contributed by atoms with Gasteiger partial charge in [0.2, 0.25) is 15.9 Å². The molecule has 0 saturated carbocycles. The first kappa shape index (κ1) is 33.2. The molecular weight excluding hydrogens is 618 g/mol. The van der Waals surface area contributed by atoms with E-state index in [1.165, 1.54) is 50.0 Å². The first-order valence-corrected chi connectivity index (χ1v) is 16.0. The van der Waals surface area contributed by atoms with Gasteiger partial charge in [-0.3, -0.25) is 14.2 Å². The van der Waals surface area contributed by atoms with Crippen LogP contribution in [0, 0.1) is 0 Å². The van der Waals surface area contributed by atoms with E-state index >= 15 is 0 Å². The number of nitrogens with one attached hydrogen (secondary N) is 1. The maximum absolute atomic E-state index is 13.5. The second-order valence-corrected chi connectivity index (χ2v) is 13.0. The molecule has 45 heavy (non-hydrogen) atoms. The van der Waals surface area contributed by atoms with Gasteiger partial charge in [0.25, 0.3) is 5.56 Å². The number of thiazole rings is 1. The predicted octanol–water partition coefficient (Wildman–Crippen LogP) is 2.56. The molecular formula is C32H33N3O8S2. The molecule has 0 aliphatic heterocycles. The average Bonchev–Trinajstić information content (AvgIpc) is 3.29. The lowest BCUT2D eigenvalue weighted by atomic mass is 10.2. The molecule has 236 valence electrons. The van der Waals surface area contributed by atoms with E-state index in [0.717, 1.165) is 27.3 Å². The third-order valence-electron chi connectivity index (χ3n) is 6.39. The second-order valence-electron chi connectivity index (χ2n) is 9.78. The highest BCUT2D eigenvalue weighted by Gasteiger charge is 2.18. The number of sulfonamides is 1. The molecule has 11 nitrogen and oxygen atoms in total. The minimum absolute atomic E-state index is 0.00201.